The summed E-state index contributed by atoms with van der Waals surface area (Å²) in [4.78, 5) is 23.4. The predicted octanol–water partition coefficient (Wildman–Crippen LogP) is 1.85. The lowest BCUT2D eigenvalue weighted by atomic mass is 10.2. The smallest absolute Gasteiger partial charge is 0.357 e. The first-order chi connectivity index (χ1) is 7.72. The van der Waals surface area contributed by atoms with Gasteiger partial charge in [-0.3, -0.25) is 0 Å². The highest BCUT2D eigenvalue weighted by atomic mass is 35.5. The van der Waals surface area contributed by atoms with Crippen LogP contribution < -0.4 is 0 Å². The number of carbonyl (C=O) groups excluding carboxylic acids is 1. The Balaban J connectivity index is 2.63. The van der Waals surface area contributed by atoms with Crippen LogP contribution in [0.5, 0.6) is 0 Å². The van der Waals surface area contributed by atoms with Crippen LogP contribution in [0.15, 0.2) is 18.3 Å². The van der Waals surface area contributed by atoms with E-state index in [0.717, 1.165) is 0 Å². The first-order valence-corrected chi connectivity index (χ1v) is 5.05. The largest absolute Gasteiger partial charge is 0.461 e. The molecule has 0 aromatic carbocycles. The van der Waals surface area contributed by atoms with Gasteiger partial charge in [0.25, 0.3) is 0 Å². The van der Waals surface area contributed by atoms with E-state index in [4.69, 9.17) is 16.3 Å². The average Bonchev–Trinajstić information content (AvgIpc) is 2.28. The van der Waals surface area contributed by atoms with Gasteiger partial charge in [0, 0.05) is 6.20 Å². The summed E-state index contributed by atoms with van der Waals surface area (Å²) in [5, 5.41) is 0.514. The van der Waals surface area contributed by atoms with E-state index in [1.165, 1.54) is 0 Å². The van der Waals surface area contributed by atoms with Crippen molar-refractivity contribution in [2.45, 2.75) is 6.92 Å². The molecule has 16 heavy (non-hydrogen) atoms. The molecule has 2 aromatic rings. The molecular formula is C10H8ClN3O2. The number of nitrogens with zero attached hydrogens (tertiary/aromatic N) is 3. The van der Waals surface area contributed by atoms with Gasteiger partial charge in [-0.2, -0.15) is 4.98 Å². The summed E-state index contributed by atoms with van der Waals surface area (Å²) in [5.41, 5.74) is 0.524. The van der Waals surface area contributed by atoms with Crippen molar-refractivity contribution < 1.29 is 9.53 Å². The second-order valence-corrected chi connectivity index (χ2v) is 3.27. The number of esters is 1. The number of carbonyl (C=O) groups is 1. The van der Waals surface area contributed by atoms with Crippen LogP contribution in [0.4, 0.5) is 0 Å². The Kier molecular flexibility index (Phi) is 2.96. The zero-order valence-corrected chi connectivity index (χ0v) is 9.23. The second kappa shape index (κ2) is 4.40. The summed E-state index contributed by atoms with van der Waals surface area (Å²) >= 11 is 5.70. The van der Waals surface area contributed by atoms with E-state index in [1.54, 1.807) is 25.3 Å². The monoisotopic (exact) mass is 237 g/mol. The van der Waals surface area contributed by atoms with Crippen molar-refractivity contribution in [2.75, 3.05) is 6.61 Å². The summed E-state index contributed by atoms with van der Waals surface area (Å²) in [6.07, 6.45) is 1.57. The van der Waals surface area contributed by atoms with Gasteiger partial charge in [0.1, 0.15) is 0 Å². The van der Waals surface area contributed by atoms with Gasteiger partial charge in [-0.25, -0.2) is 14.8 Å². The van der Waals surface area contributed by atoms with Gasteiger partial charge in [0.2, 0.25) is 5.28 Å². The molecular weight excluding hydrogens is 230 g/mol. The van der Waals surface area contributed by atoms with Crippen LogP contribution in [0.2, 0.25) is 5.28 Å². The van der Waals surface area contributed by atoms with Crippen molar-refractivity contribution in [2.24, 2.45) is 0 Å². The third-order valence-corrected chi connectivity index (χ3v) is 2.08. The number of ether oxygens (including phenoxy) is 1. The molecule has 0 amide bonds. The highest BCUT2D eigenvalue weighted by Crippen LogP contribution is 2.16. The minimum atomic E-state index is -0.523. The Morgan fingerprint density at radius 2 is 2.31 bits per heavy atom. The third-order valence-electron chi connectivity index (χ3n) is 1.91. The molecule has 0 saturated carbocycles. The van der Waals surface area contributed by atoms with Gasteiger partial charge in [-0.15, -0.1) is 0 Å². The Hall–Kier alpha value is -1.75. The molecule has 0 aliphatic carbocycles. The number of hydrogen-bond acceptors (Lipinski definition) is 5. The highest BCUT2D eigenvalue weighted by Gasteiger charge is 2.15. The normalized spacial score (nSPS) is 10.4. The lowest BCUT2D eigenvalue weighted by molar-refractivity contribution is 0.0522. The topological polar surface area (TPSA) is 65.0 Å². The highest BCUT2D eigenvalue weighted by molar-refractivity contribution is 6.28. The number of pyridine rings is 1. The number of aromatic nitrogens is 3. The molecule has 2 rings (SSSR count). The van der Waals surface area contributed by atoms with Crippen molar-refractivity contribution in [3.8, 4) is 0 Å². The molecule has 0 saturated heterocycles. The molecule has 0 fully saturated rings. The summed E-state index contributed by atoms with van der Waals surface area (Å²) in [6.45, 7) is 2.00. The lowest BCUT2D eigenvalue weighted by Crippen LogP contribution is -2.09. The van der Waals surface area contributed by atoms with Crippen LogP contribution in [0.3, 0.4) is 0 Å². The standard InChI is InChI=1S/C10H8ClN3O2/c1-2-16-9(15)7-6-4-3-5-12-8(6)14-10(11)13-7/h3-5H,2H2,1H3. The van der Waals surface area contributed by atoms with Gasteiger partial charge in [0.15, 0.2) is 11.3 Å². The van der Waals surface area contributed by atoms with Crippen LogP contribution in [0.25, 0.3) is 11.0 Å². The lowest BCUT2D eigenvalue weighted by Gasteiger charge is -2.04. The van der Waals surface area contributed by atoms with Crippen LogP contribution >= 0.6 is 11.6 Å². The molecule has 82 valence electrons. The number of hydrogen-bond donors (Lipinski definition) is 0. The average molecular weight is 238 g/mol. The van der Waals surface area contributed by atoms with E-state index in [-0.39, 0.29) is 17.6 Å². The summed E-state index contributed by atoms with van der Waals surface area (Å²) in [7, 11) is 0. The number of halogens is 1. The van der Waals surface area contributed by atoms with E-state index in [1.807, 2.05) is 0 Å². The second-order valence-electron chi connectivity index (χ2n) is 2.94. The van der Waals surface area contributed by atoms with E-state index in [0.29, 0.717) is 11.0 Å². The van der Waals surface area contributed by atoms with Gasteiger partial charge in [-0.05, 0) is 30.7 Å². The molecule has 6 heteroatoms. The van der Waals surface area contributed by atoms with Gasteiger partial charge < -0.3 is 4.74 Å². The van der Waals surface area contributed by atoms with E-state index >= 15 is 0 Å². The fourth-order valence-corrected chi connectivity index (χ4v) is 1.46. The molecule has 0 N–H and O–H groups in total. The SMILES string of the molecule is CCOC(=O)c1nc(Cl)nc2ncccc12. The molecule has 2 heterocycles. The van der Waals surface area contributed by atoms with Crippen molar-refractivity contribution >= 4 is 28.6 Å². The third kappa shape index (κ3) is 1.94. The Morgan fingerprint density at radius 1 is 1.50 bits per heavy atom. The molecule has 0 atom stereocenters. The summed E-state index contributed by atoms with van der Waals surface area (Å²) in [5.74, 6) is -0.523. The summed E-state index contributed by atoms with van der Waals surface area (Å²) < 4.78 is 4.88. The number of fused-ring (bicyclic) bond motifs is 1. The number of rotatable bonds is 2. The maximum absolute atomic E-state index is 11.6. The van der Waals surface area contributed by atoms with Crippen molar-refractivity contribution in [1.29, 1.82) is 0 Å². The molecule has 0 aliphatic rings. The quantitative estimate of drug-likeness (QED) is 0.589. The molecule has 0 unspecified atom stereocenters. The Bertz CT molecular complexity index is 545. The van der Waals surface area contributed by atoms with Gasteiger partial charge in [0.05, 0.1) is 12.0 Å². The summed E-state index contributed by atoms with van der Waals surface area (Å²) in [6, 6.07) is 3.40. The van der Waals surface area contributed by atoms with Gasteiger partial charge >= 0.3 is 5.97 Å². The maximum Gasteiger partial charge on any atom is 0.357 e. The van der Waals surface area contributed by atoms with Crippen LogP contribution in [0, 0.1) is 0 Å². The molecule has 5 nitrogen and oxygen atoms in total. The zero-order valence-electron chi connectivity index (χ0n) is 8.48. The fraction of sp³-hybridized carbons (Fsp3) is 0.200. The van der Waals surface area contributed by atoms with E-state index in [2.05, 4.69) is 15.0 Å². The first kappa shape index (κ1) is 10.8. The fourth-order valence-electron chi connectivity index (χ4n) is 1.29. The van der Waals surface area contributed by atoms with Crippen molar-refractivity contribution in [3.05, 3.63) is 29.3 Å². The minimum Gasteiger partial charge on any atom is -0.461 e. The van der Waals surface area contributed by atoms with Crippen molar-refractivity contribution in [3.63, 3.8) is 0 Å². The zero-order chi connectivity index (χ0) is 11.5. The maximum atomic E-state index is 11.6. The molecule has 0 aliphatic heterocycles. The Labute approximate surface area is 96.4 Å². The van der Waals surface area contributed by atoms with Crippen LogP contribution in [0.1, 0.15) is 17.4 Å². The minimum absolute atomic E-state index is 0.0192. The first-order valence-electron chi connectivity index (χ1n) is 4.67. The van der Waals surface area contributed by atoms with E-state index in [9.17, 15) is 4.79 Å². The molecule has 0 spiro atoms. The molecule has 2 aromatic heterocycles. The van der Waals surface area contributed by atoms with Gasteiger partial charge in [-0.1, -0.05) is 0 Å². The van der Waals surface area contributed by atoms with Crippen molar-refractivity contribution in [1.82, 2.24) is 15.0 Å². The van der Waals surface area contributed by atoms with Crippen LogP contribution in [-0.4, -0.2) is 27.5 Å². The van der Waals surface area contributed by atoms with E-state index < -0.39 is 5.97 Å². The van der Waals surface area contributed by atoms with Crippen LogP contribution in [-0.2, 0) is 4.74 Å². The Morgan fingerprint density at radius 3 is 3.06 bits per heavy atom. The predicted molar refractivity (Wildman–Crippen MR) is 58.3 cm³/mol. The molecule has 0 radical (unpaired) electrons. The molecule has 0 bridgehead atoms.